The van der Waals surface area contributed by atoms with Crippen LogP contribution in [0.15, 0.2) is 0 Å². The molecular weight excluding hydrogens is 196 g/mol. The van der Waals surface area contributed by atoms with Crippen molar-refractivity contribution in [3.8, 4) is 0 Å². The van der Waals surface area contributed by atoms with Crippen molar-refractivity contribution in [3.63, 3.8) is 0 Å². The maximum atomic E-state index is 11.9. The topological polar surface area (TPSA) is 73.5 Å². The van der Waals surface area contributed by atoms with E-state index in [9.17, 15) is 9.59 Å². The zero-order valence-corrected chi connectivity index (χ0v) is 8.58. The maximum absolute atomic E-state index is 11.9. The van der Waals surface area contributed by atoms with Gasteiger partial charge in [0.05, 0.1) is 12.6 Å². The highest BCUT2D eigenvalue weighted by Crippen LogP contribution is 1.99. The number of amides is 2. The van der Waals surface area contributed by atoms with Crippen LogP contribution in [0.5, 0.6) is 0 Å². The Morgan fingerprint density at radius 1 is 1.33 bits per heavy atom. The van der Waals surface area contributed by atoms with Crippen LogP contribution in [0.25, 0.3) is 0 Å². The second-order valence-electron chi connectivity index (χ2n) is 3.82. The Labute approximate surface area is 88.4 Å². The molecule has 0 aromatic carbocycles. The third kappa shape index (κ3) is 2.45. The Hall–Kier alpha value is -1.14. The van der Waals surface area contributed by atoms with Crippen molar-refractivity contribution in [1.82, 2.24) is 20.9 Å². The second kappa shape index (κ2) is 4.59. The van der Waals surface area contributed by atoms with Crippen molar-refractivity contribution >= 4 is 11.8 Å². The summed E-state index contributed by atoms with van der Waals surface area (Å²) in [5.74, 6) is -0.0459. The average Bonchev–Trinajstić information content (AvgIpc) is 2.29. The lowest BCUT2D eigenvalue weighted by atomic mass is 10.2. The summed E-state index contributed by atoms with van der Waals surface area (Å²) >= 11 is 0. The Balaban J connectivity index is 1.90. The number of nitrogens with zero attached hydrogens (tertiary/aromatic N) is 1. The van der Waals surface area contributed by atoms with Gasteiger partial charge in [-0.15, -0.1) is 0 Å². The van der Waals surface area contributed by atoms with Crippen molar-refractivity contribution in [2.45, 2.75) is 6.04 Å². The molecule has 0 aromatic heterocycles. The highest BCUT2D eigenvalue weighted by Gasteiger charge is 2.28. The van der Waals surface area contributed by atoms with Gasteiger partial charge in [-0.1, -0.05) is 0 Å². The molecule has 2 heterocycles. The first-order valence-electron chi connectivity index (χ1n) is 5.27. The number of piperazine rings is 2. The lowest BCUT2D eigenvalue weighted by Crippen LogP contribution is -2.60. The van der Waals surface area contributed by atoms with E-state index in [2.05, 4.69) is 16.0 Å². The third-order valence-corrected chi connectivity index (χ3v) is 2.69. The van der Waals surface area contributed by atoms with Gasteiger partial charge in [0.1, 0.15) is 0 Å². The first-order chi connectivity index (χ1) is 7.27. The number of nitrogens with one attached hydrogen (secondary N) is 3. The molecule has 0 aliphatic carbocycles. The molecule has 0 aromatic rings. The van der Waals surface area contributed by atoms with Crippen molar-refractivity contribution in [2.24, 2.45) is 0 Å². The molecular formula is C9H16N4O2. The van der Waals surface area contributed by atoms with Gasteiger partial charge in [0, 0.05) is 32.7 Å². The van der Waals surface area contributed by atoms with Crippen molar-refractivity contribution < 1.29 is 9.59 Å². The first-order valence-corrected chi connectivity index (χ1v) is 5.27. The normalized spacial score (nSPS) is 27.3. The van der Waals surface area contributed by atoms with E-state index >= 15 is 0 Å². The zero-order valence-electron chi connectivity index (χ0n) is 8.58. The summed E-state index contributed by atoms with van der Waals surface area (Å²) in [5.41, 5.74) is 0. The summed E-state index contributed by atoms with van der Waals surface area (Å²) in [6, 6.07) is -0.176. The molecule has 0 spiro atoms. The fraction of sp³-hybridized carbons (Fsp3) is 0.778. The van der Waals surface area contributed by atoms with E-state index in [1.54, 1.807) is 4.90 Å². The monoisotopic (exact) mass is 212 g/mol. The van der Waals surface area contributed by atoms with Gasteiger partial charge in [-0.05, 0) is 0 Å². The highest BCUT2D eigenvalue weighted by molar-refractivity contribution is 5.88. The predicted octanol–water partition coefficient (Wildman–Crippen LogP) is -2.49. The van der Waals surface area contributed by atoms with Crippen LogP contribution in [0, 0.1) is 0 Å². The molecule has 0 radical (unpaired) electrons. The summed E-state index contributed by atoms with van der Waals surface area (Å²) in [4.78, 5) is 24.7. The average molecular weight is 212 g/mol. The minimum absolute atomic E-state index is 0.0250. The summed E-state index contributed by atoms with van der Waals surface area (Å²) < 4.78 is 0. The summed E-state index contributed by atoms with van der Waals surface area (Å²) in [6.07, 6.45) is 0. The standard InChI is InChI=1S/C9H16N4O2/c14-8-6-13(4-3-12-8)9(15)7-5-10-1-2-11-7/h7,10-11H,1-6H2,(H,12,14). The Morgan fingerprint density at radius 3 is 2.87 bits per heavy atom. The van der Waals surface area contributed by atoms with Crippen LogP contribution in [-0.2, 0) is 9.59 Å². The predicted molar refractivity (Wildman–Crippen MR) is 54.3 cm³/mol. The lowest BCUT2D eigenvalue weighted by Gasteiger charge is -2.32. The smallest absolute Gasteiger partial charge is 0.241 e. The van der Waals surface area contributed by atoms with E-state index in [-0.39, 0.29) is 24.4 Å². The van der Waals surface area contributed by atoms with E-state index in [1.807, 2.05) is 0 Å². The summed E-state index contributed by atoms with van der Waals surface area (Å²) in [6.45, 7) is 3.71. The molecule has 1 unspecified atom stereocenters. The van der Waals surface area contributed by atoms with Gasteiger partial charge in [0.2, 0.25) is 11.8 Å². The van der Waals surface area contributed by atoms with Gasteiger partial charge in [0.25, 0.3) is 0 Å². The third-order valence-electron chi connectivity index (χ3n) is 2.69. The molecule has 0 saturated carbocycles. The van der Waals surface area contributed by atoms with Crippen molar-refractivity contribution in [1.29, 1.82) is 0 Å². The van der Waals surface area contributed by atoms with Crippen LogP contribution in [0.2, 0.25) is 0 Å². The van der Waals surface area contributed by atoms with E-state index in [1.165, 1.54) is 0 Å². The Bertz CT molecular complexity index is 263. The van der Waals surface area contributed by atoms with E-state index in [4.69, 9.17) is 0 Å². The van der Waals surface area contributed by atoms with Gasteiger partial charge < -0.3 is 20.9 Å². The first kappa shape index (κ1) is 10.4. The van der Waals surface area contributed by atoms with Crippen molar-refractivity contribution in [3.05, 3.63) is 0 Å². The molecule has 2 saturated heterocycles. The van der Waals surface area contributed by atoms with Gasteiger partial charge in [-0.25, -0.2) is 0 Å². The van der Waals surface area contributed by atoms with Gasteiger partial charge in [-0.2, -0.15) is 0 Å². The highest BCUT2D eigenvalue weighted by atomic mass is 16.2. The fourth-order valence-electron chi connectivity index (χ4n) is 1.88. The molecule has 2 rings (SSSR count). The van der Waals surface area contributed by atoms with Crippen LogP contribution >= 0.6 is 0 Å². The van der Waals surface area contributed by atoms with Gasteiger partial charge in [0.15, 0.2) is 0 Å². The largest absolute Gasteiger partial charge is 0.353 e. The van der Waals surface area contributed by atoms with Crippen LogP contribution in [0.3, 0.4) is 0 Å². The number of rotatable bonds is 1. The van der Waals surface area contributed by atoms with Crippen LogP contribution in [-0.4, -0.2) is 62.0 Å². The minimum atomic E-state index is -0.176. The Kier molecular flexibility index (Phi) is 3.17. The SMILES string of the molecule is O=C1CN(C(=O)C2CNCCN2)CCN1. The summed E-state index contributed by atoms with van der Waals surface area (Å²) in [5, 5.41) is 9.00. The number of carbonyl (C=O) groups is 2. The maximum Gasteiger partial charge on any atom is 0.241 e. The minimum Gasteiger partial charge on any atom is -0.353 e. The number of hydrogen-bond acceptors (Lipinski definition) is 4. The molecule has 6 nitrogen and oxygen atoms in total. The molecule has 2 aliphatic heterocycles. The van der Waals surface area contributed by atoms with Crippen LogP contribution < -0.4 is 16.0 Å². The second-order valence-corrected chi connectivity index (χ2v) is 3.82. The molecule has 2 amide bonds. The fourth-order valence-corrected chi connectivity index (χ4v) is 1.88. The van der Waals surface area contributed by atoms with E-state index in [0.717, 1.165) is 13.1 Å². The van der Waals surface area contributed by atoms with E-state index < -0.39 is 0 Å². The Morgan fingerprint density at radius 2 is 2.20 bits per heavy atom. The molecule has 6 heteroatoms. The molecule has 3 N–H and O–H groups in total. The number of carbonyl (C=O) groups excluding carboxylic acids is 2. The molecule has 15 heavy (non-hydrogen) atoms. The molecule has 2 fully saturated rings. The molecule has 0 bridgehead atoms. The van der Waals surface area contributed by atoms with Gasteiger partial charge in [-0.3, -0.25) is 9.59 Å². The van der Waals surface area contributed by atoms with Gasteiger partial charge >= 0.3 is 0 Å². The lowest BCUT2D eigenvalue weighted by molar-refractivity contribution is -0.140. The summed E-state index contributed by atoms with van der Waals surface area (Å²) in [7, 11) is 0. The molecule has 1 atom stereocenters. The molecule has 2 aliphatic rings. The van der Waals surface area contributed by atoms with Crippen molar-refractivity contribution in [2.75, 3.05) is 39.3 Å². The quantitative estimate of drug-likeness (QED) is 0.449. The molecule has 84 valence electrons. The van der Waals surface area contributed by atoms with Crippen LogP contribution in [0.1, 0.15) is 0 Å². The number of hydrogen-bond donors (Lipinski definition) is 3. The van der Waals surface area contributed by atoms with Crippen LogP contribution in [0.4, 0.5) is 0 Å². The van der Waals surface area contributed by atoms with E-state index in [0.29, 0.717) is 19.6 Å². The zero-order chi connectivity index (χ0) is 10.7.